The summed E-state index contributed by atoms with van der Waals surface area (Å²) in [5, 5.41) is 1.30. The quantitative estimate of drug-likeness (QED) is 0.679. The second-order valence-electron chi connectivity index (χ2n) is 6.67. The molecule has 3 aromatic heterocycles. The Morgan fingerprint density at radius 3 is 3.00 bits per heavy atom. The molecule has 0 amide bonds. The average Bonchev–Trinajstić information content (AvgIpc) is 3.25. The number of rotatable bonds is 5. The maximum atomic E-state index is 5.46. The lowest BCUT2D eigenvalue weighted by atomic mass is 9.96. The Labute approximate surface area is 146 Å². The van der Waals surface area contributed by atoms with Gasteiger partial charge >= 0.3 is 0 Å². The number of aryl methyl sites for hydroxylation is 3. The first kappa shape index (κ1) is 15.6. The van der Waals surface area contributed by atoms with Gasteiger partial charge in [-0.1, -0.05) is 0 Å². The lowest BCUT2D eigenvalue weighted by Crippen LogP contribution is -2.30. The lowest BCUT2D eigenvalue weighted by Gasteiger charge is -2.27. The first-order valence-electron chi connectivity index (χ1n) is 8.74. The summed E-state index contributed by atoms with van der Waals surface area (Å²) in [6, 6.07) is 4.40. The molecular formula is C19H23N3OS. The molecule has 5 heteroatoms. The fraction of sp³-hybridized carbons (Fsp3) is 0.474. The molecule has 4 nitrogen and oxygen atoms in total. The highest BCUT2D eigenvalue weighted by Crippen LogP contribution is 2.39. The van der Waals surface area contributed by atoms with Gasteiger partial charge in [-0.2, -0.15) is 0 Å². The van der Waals surface area contributed by atoms with Gasteiger partial charge in [-0.05, 0) is 56.7 Å². The third-order valence-electron chi connectivity index (χ3n) is 5.12. The highest BCUT2D eigenvalue weighted by molar-refractivity contribution is 7.19. The van der Waals surface area contributed by atoms with Crippen molar-refractivity contribution < 1.29 is 4.42 Å². The van der Waals surface area contributed by atoms with E-state index in [1.54, 1.807) is 12.6 Å². The van der Waals surface area contributed by atoms with Crippen LogP contribution >= 0.6 is 11.3 Å². The van der Waals surface area contributed by atoms with Gasteiger partial charge in [0.25, 0.3) is 0 Å². The third-order valence-corrected chi connectivity index (χ3v) is 6.32. The van der Waals surface area contributed by atoms with E-state index in [0.29, 0.717) is 6.04 Å². The number of furan rings is 1. The summed E-state index contributed by atoms with van der Waals surface area (Å²) in [5.41, 5.74) is 1.50. The van der Waals surface area contributed by atoms with Gasteiger partial charge in [0.05, 0.1) is 11.6 Å². The Morgan fingerprint density at radius 1 is 1.29 bits per heavy atom. The average molecular weight is 341 g/mol. The summed E-state index contributed by atoms with van der Waals surface area (Å²) in [5.74, 6) is 2.14. The largest absolute Gasteiger partial charge is 0.469 e. The normalized spacial score (nSPS) is 15.4. The Balaban J connectivity index is 1.61. The van der Waals surface area contributed by atoms with Crippen LogP contribution in [0, 0.1) is 0 Å². The topological polar surface area (TPSA) is 42.2 Å². The molecule has 0 fully saturated rings. The van der Waals surface area contributed by atoms with Crippen LogP contribution in [-0.2, 0) is 19.3 Å². The van der Waals surface area contributed by atoms with Crippen LogP contribution in [0.25, 0.3) is 10.2 Å². The van der Waals surface area contributed by atoms with Crippen LogP contribution in [0.3, 0.4) is 0 Å². The number of fused-ring (bicyclic) bond motifs is 3. The molecule has 24 heavy (non-hydrogen) atoms. The zero-order valence-corrected chi connectivity index (χ0v) is 15.1. The van der Waals surface area contributed by atoms with Crippen LogP contribution in [-0.4, -0.2) is 23.1 Å². The molecule has 0 aliphatic heterocycles. The summed E-state index contributed by atoms with van der Waals surface area (Å²) < 4.78 is 5.46. The molecule has 0 bridgehead atoms. The van der Waals surface area contributed by atoms with Crippen LogP contribution in [0.2, 0.25) is 0 Å². The van der Waals surface area contributed by atoms with E-state index in [4.69, 9.17) is 4.42 Å². The van der Waals surface area contributed by atoms with Crippen molar-refractivity contribution in [1.82, 2.24) is 9.97 Å². The van der Waals surface area contributed by atoms with Crippen LogP contribution in [0.5, 0.6) is 0 Å². The molecule has 0 aromatic carbocycles. The van der Waals surface area contributed by atoms with Gasteiger partial charge in [-0.25, -0.2) is 9.97 Å². The summed E-state index contributed by atoms with van der Waals surface area (Å²) in [6.45, 7) is 2.26. The van der Waals surface area contributed by atoms with Gasteiger partial charge in [0.1, 0.15) is 22.7 Å². The van der Waals surface area contributed by atoms with Crippen LogP contribution in [0.15, 0.2) is 29.1 Å². The number of thiophene rings is 1. The molecule has 0 spiro atoms. The van der Waals surface area contributed by atoms with Crippen LogP contribution in [0.1, 0.15) is 42.4 Å². The molecule has 1 atom stereocenters. The van der Waals surface area contributed by atoms with E-state index in [9.17, 15) is 0 Å². The minimum absolute atomic E-state index is 0.396. The number of anilines is 1. The molecule has 1 aliphatic carbocycles. The van der Waals surface area contributed by atoms with E-state index >= 15 is 0 Å². The second kappa shape index (κ2) is 6.55. The van der Waals surface area contributed by atoms with Crippen molar-refractivity contribution in [3.8, 4) is 0 Å². The molecule has 1 unspecified atom stereocenters. The van der Waals surface area contributed by atoms with Crippen molar-refractivity contribution in [2.45, 2.75) is 51.5 Å². The van der Waals surface area contributed by atoms with Crippen LogP contribution in [0.4, 0.5) is 5.82 Å². The Kier molecular flexibility index (Phi) is 4.27. The third kappa shape index (κ3) is 2.81. The number of aromatic nitrogens is 2. The van der Waals surface area contributed by atoms with Gasteiger partial charge in [0.15, 0.2) is 0 Å². The van der Waals surface area contributed by atoms with Crippen molar-refractivity contribution in [1.29, 1.82) is 0 Å². The van der Waals surface area contributed by atoms with E-state index < -0.39 is 0 Å². The molecule has 0 saturated carbocycles. The monoisotopic (exact) mass is 341 g/mol. The smallest absolute Gasteiger partial charge is 0.141 e. The van der Waals surface area contributed by atoms with Crippen molar-refractivity contribution in [2.75, 3.05) is 11.9 Å². The van der Waals surface area contributed by atoms with Gasteiger partial charge in [-0.15, -0.1) is 11.3 Å². The Hall–Kier alpha value is -1.88. The molecule has 0 radical (unpaired) electrons. The molecule has 126 valence electrons. The fourth-order valence-corrected chi connectivity index (χ4v) is 4.77. The summed E-state index contributed by atoms with van der Waals surface area (Å²) in [4.78, 5) is 14.2. The SMILES string of the molecule is CC(CCc1ccco1)N(C)c1ncnc2sc3c(c12)CCCC3. The minimum atomic E-state index is 0.396. The second-order valence-corrected chi connectivity index (χ2v) is 7.75. The fourth-order valence-electron chi connectivity index (χ4n) is 3.55. The molecular weight excluding hydrogens is 318 g/mol. The van der Waals surface area contributed by atoms with Crippen molar-refractivity contribution in [3.63, 3.8) is 0 Å². The highest BCUT2D eigenvalue weighted by Gasteiger charge is 2.23. The number of nitrogens with zero attached hydrogens (tertiary/aromatic N) is 3. The van der Waals surface area contributed by atoms with Gasteiger partial charge in [0, 0.05) is 24.4 Å². The van der Waals surface area contributed by atoms with E-state index in [2.05, 4.69) is 28.8 Å². The predicted octanol–water partition coefficient (Wildman–Crippen LogP) is 4.62. The molecule has 1 aliphatic rings. The standard InChI is InChI=1S/C19H23N3OS/c1-13(9-10-14-6-5-11-23-14)22(2)18-17-15-7-3-4-8-16(15)24-19(17)21-12-20-18/h5-6,11-13H,3-4,7-10H2,1-2H3. The maximum absolute atomic E-state index is 5.46. The molecule has 0 N–H and O–H groups in total. The highest BCUT2D eigenvalue weighted by atomic mass is 32.1. The van der Waals surface area contributed by atoms with E-state index in [-0.39, 0.29) is 0 Å². The van der Waals surface area contributed by atoms with Gasteiger partial charge < -0.3 is 9.32 Å². The molecule has 0 saturated heterocycles. The van der Waals surface area contributed by atoms with Crippen molar-refractivity contribution in [2.24, 2.45) is 0 Å². The predicted molar refractivity (Wildman–Crippen MR) is 99.0 cm³/mol. The summed E-state index contributed by atoms with van der Waals surface area (Å²) in [6.07, 6.45) is 10.4. The summed E-state index contributed by atoms with van der Waals surface area (Å²) in [7, 11) is 2.15. The van der Waals surface area contributed by atoms with E-state index in [0.717, 1.165) is 29.3 Å². The molecule has 3 heterocycles. The Morgan fingerprint density at radius 2 is 2.17 bits per heavy atom. The zero-order chi connectivity index (χ0) is 16.5. The molecule has 3 aromatic rings. The van der Waals surface area contributed by atoms with Crippen LogP contribution < -0.4 is 4.90 Å². The van der Waals surface area contributed by atoms with Crippen molar-refractivity contribution >= 4 is 27.4 Å². The first-order chi connectivity index (χ1) is 11.7. The van der Waals surface area contributed by atoms with E-state index in [1.807, 2.05) is 23.5 Å². The lowest BCUT2D eigenvalue weighted by molar-refractivity contribution is 0.487. The van der Waals surface area contributed by atoms with Crippen molar-refractivity contribution in [3.05, 3.63) is 40.9 Å². The first-order valence-corrected chi connectivity index (χ1v) is 9.56. The number of hydrogen-bond acceptors (Lipinski definition) is 5. The van der Waals surface area contributed by atoms with Gasteiger partial charge in [-0.3, -0.25) is 0 Å². The zero-order valence-electron chi connectivity index (χ0n) is 14.3. The molecule has 4 rings (SSSR count). The minimum Gasteiger partial charge on any atom is -0.469 e. The maximum Gasteiger partial charge on any atom is 0.141 e. The summed E-state index contributed by atoms with van der Waals surface area (Å²) >= 11 is 1.86. The van der Waals surface area contributed by atoms with Gasteiger partial charge in [0.2, 0.25) is 0 Å². The number of hydrogen-bond donors (Lipinski definition) is 0. The Bertz CT molecular complexity index is 825. The van der Waals surface area contributed by atoms with E-state index in [1.165, 1.54) is 41.5 Å².